The van der Waals surface area contributed by atoms with Gasteiger partial charge in [0, 0.05) is 36.4 Å². The van der Waals surface area contributed by atoms with Crippen LogP contribution in [-0.4, -0.2) is 77.3 Å². The predicted octanol–water partition coefficient (Wildman–Crippen LogP) is 13.5. The summed E-state index contributed by atoms with van der Waals surface area (Å²) < 4.78 is 86.0. The summed E-state index contributed by atoms with van der Waals surface area (Å²) in [6.45, 7) is 0. The first-order chi connectivity index (χ1) is 34.9. The highest BCUT2D eigenvalue weighted by atomic mass is 35.7. The van der Waals surface area contributed by atoms with Crippen LogP contribution in [0.25, 0.3) is 22.3 Å². The highest BCUT2D eigenvalue weighted by molar-refractivity contribution is 8.13. The lowest BCUT2D eigenvalue weighted by Gasteiger charge is -2.15. The Morgan fingerprint density at radius 2 is 0.907 bits per heavy atom. The molecule has 0 spiro atoms. The quantitative estimate of drug-likeness (QED) is 0.0399. The van der Waals surface area contributed by atoms with Crippen molar-refractivity contribution < 1.29 is 69.0 Å². The number of carboxylic acids is 3. The molecule has 0 aliphatic rings. The number of benzene rings is 7. The van der Waals surface area contributed by atoms with E-state index in [-0.39, 0.29) is 42.1 Å². The molecule has 0 aliphatic heterocycles. The van der Waals surface area contributed by atoms with Crippen molar-refractivity contribution in [1.29, 1.82) is 0 Å². The van der Waals surface area contributed by atoms with Gasteiger partial charge in [0.2, 0.25) is 0 Å². The van der Waals surface area contributed by atoms with E-state index in [2.05, 4.69) is 27.5 Å². The topological polar surface area (TPSA) is 291 Å². The third-order valence-corrected chi connectivity index (χ3v) is 13.4. The molecule has 0 saturated heterocycles. The molecule has 0 unspecified atom stereocenters. The average molecular weight is 1250 g/mol. The maximum absolute atomic E-state index is 13.0. The first kappa shape index (κ1) is 63.6. The normalized spacial score (nSPS) is 10.8. The Morgan fingerprint density at radius 1 is 0.493 bits per heavy atom. The number of rotatable bonds is 11. The lowest BCUT2D eigenvalue weighted by Crippen LogP contribution is -2.18. The first-order valence-electron chi connectivity index (χ1n) is 19.9. The van der Waals surface area contributed by atoms with E-state index in [1.54, 1.807) is 25.3 Å². The van der Waals surface area contributed by atoms with Gasteiger partial charge in [-0.05, 0) is 89.0 Å². The molecule has 7 rings (SSSR count). The van der Waals surface area contributed by atoms with Crippen LogP contribution in [0.2, 0.25) is 30.1 Å². The Kier molecular flexibility index (Phi) is 24.1. The summed E-state index contributed by atoms with van der Waals surface area (Å²) >= 11 is 34.0. The fourth-order valence-electron chi connectivity index (χ4n) is 5.92. The van der Waals surface area contributed by atoms with Crippen molar-refractivity contribution in [2.45, 2.75) is 9.79 Å². The number of carbonyl (C=O) groups is 3. The number of hydrogen-bond donors (Lipinski definition) is 6. The molecular formula is C47H36Cl8N2O15S3. The number of halogens is 8. The minimum absolute atomic E-state index is 0.00891. The zero-order valence-electron chi connectivity index (χ0n) is 37.9. The summed E-state index contributed by atoms with van der Waals surface area (Å²) in [6.07, 6.45) is 0. The van der Waals surface area contributed by atoms with Gasteiger partial charge in [-0.15, -0.1) is 0 Å². The second-order valence-electron chi connectivity index (χ2n) is 14.1. The number of anilines is 2. The molecule has 0 saturated carbocycles. The van der Waals surface area contributed by atoms with Crippen molar-refractivity contribution >= 4 is 149 Å². The van der Waals surface area contributed by atoms with Crippen molar-refractivity contribution in [2.75, 3.05) is 24.7 Å². The van der Waals surface area contributed by atoms with Gasteiger partial charge in [-0.2, -0.15) is 8.42 Å². The average Bonchev–Trinajstić information content (AvgIpc) is 3.31. The van der Waals surface area contributed by atoms with Crippen LogP contribution in [-0.2, 0) is 28.4 Å². The number of methoxy groups -OCH3 is 2. The SMILES string of the molecule is COc1ccc(-c2ccccc2)cc1N.COc1ccc(-c2ccccc2)cc1NS(=O)(=O)c1cc(Cl)cc(Cl)c1C(=O)O.O=C(O)c1c(Cl)cc(Cl)cc1S(=O)(=O)Cl.O=C(O)c1ccc(Cl)cc1Cl.O=S(=O)(O)Cl. The van der Waals surface area contributed by atoms with Crippen molar-refractivity contribution in [2.24, 2.45) is 0 Å². The molecule has 0 amide bonds. The highest BCUT2D eigenvalue weighted by Crippen LogP contribution is 2.36. The van der Waals surface area contributed by atoms with Crippen LogP contribution in [0.3, 0.4) is 0 Å². The fourth-order valence-corrected chi connectivity index (χ4v) is 10.2. The van der Waals surface area contributed by atoms with E-state index in [0.29, 0.717) is 10.7 Å². The van der Waals surface area contributed by atoms with Crippen LogP contribution in [0.15, 0.2) is 149 Å². The Labute approximate surface area is 468 Å². The van der Waals surface area contributed by atoms with E-state index < -0.39 is 67.2 Å². The molecule has 17 nitrogen and oxygen atoms in total. The number of hydrogen-bond acceptors (Lipinski definition) is 12. The van der Waals surface area contributed by atoms with Gasteiger partial charge in [0.05, 0.1) is 62.2 Å². The molecule has 0 aliphatic carbocycles. The van der Waals surface area contributed by atoms with Gasteiger partial charge in [0.25, 0.3) is 19.1 Å². The lowest BCUT2D eigenvalue weighted by molar-refractivity contribution is 0.0682. The van der Waals surface area contributed by atoms with Crippen molar-refractivity contribution in [3.05, 3.63) is 186 Å². The molecule has 0 bridgehead atoms. The van der Waals surface area contributed by atoms with Gasteiger partial charge in [-0.25, -0.2) is 31.2 Å². The van der Waals surface area contributed by atoms with Gasteiger partial charge in [0.15, 0.2) is 0 Å². The summed E-state index contributed by atoms with van der Waals surface area (Å²) in [5, 5.41) is 26.7. The largest absolute Gasteiger partial charge is 0.495 e. The summed E-state index contributed by atoms with van der Waals surface area (Å²) in [7, 11) is -0.623. The van der Waals surface area contributed by atoms with E-state index in [0.717, 1.165) is 46.2 Å². The Balaban J connectivity index is 0.000000273. The molecule has 0 fully saturated rings. The predicted molar refractivity (Wildman–Crippen MR) is 293 cm³/mol. The minimum Gasteiger partial charge on any atom is -0.495 e. The molecule has 7 aromatic carbocycles. The number of carboxylic acid groups (broad SMARTS) is 3. The number of ether oxygens (including phenoxy) is 2. The van der Waals surface area contributed by atoms with Crippen molar-refractivity contribution in [3.63, 3.8) is 0 Å². The molecule has 398 valence electrons. The first-order valence-corrected chi connectivity index (χ1v) is 28.2. The van der Waals surface area contributed by atoms with Crippen LogP contribution in [0, 0.1) is 0 Å². The van der Waals surface area contributed by atoms with Crippen LogP contribution in [0.4, 0.5) is 11.4 Å². The van der Waals surface area contributed by atoms with E-state index in [4.69, 9.17) is 119 Å². The number of nitrogen functional groups attached to an aromatic ring is 1. The molecular weight excluding hydrogens is 1210 g/mol. The third-order valence-electron chi connectivity index (χ3n) is 9.07. The molecule has 0 aromatic heterocycles. The summed E-state index contributed by atoms with van der Waals surface area (Å²) in [6, 6.07) is 38.8. The minimum atomic E-state index is -4.35. The zero-order valence-corrected chi connectivity index (χ0v) is 46.4. The Hall–Kier alpha value is -5.72. The molecule has 7 aromatic rings. The van der Waals surface area contributed by atoms with Crippen molar-refractivity contribution in [1.82, 2.24) is 0 Å². The summed E-state index contributed by atoms with van der Waals surface area (Å²) in [5.41, 5.74) is 9.44. The second-order valence-corrected chi connectivity index (χ2v) is 22.8. The summed E-state index contributed by atoms with van der Waals surface area (Å²) in [5.74, 6) is -3.05. The van der Waals surface area contributed by atoms with E-state index in [1.807, 2.05) is 66.7 Å². The number of nitrogens with two attached hydrogens (primary N) is 1. The molecule has 0 atom stereocenters. The molecule has 75 heavy (non-hydrogen) atoms. The van der Waals surface area contributed by atoms with E-state index >= 15 is 0 Å². The Morgan fingerprint density at radius 3 is 1.31 bits per heavy atom. The van der Waals surface area contributed by atoms with Gasteiger partial charge < -0.3 is 30.5 Å². The molecule has 28 heteroatoms. The number of aromatic carboxylic acids is 3. The van der Waals surface area contributed by atoms with Crippen LogP contribution in [0.1, 0.15) is 31.1 Å². The van der Waals surface area contributed by atoms with Gasteiger partial charge >= 0.3 is 27.2 Å². The maximum atomic E-state index is 13.0. The van der Waals surface area contributed by atoms with Crippen LogP contribution < -0.4 is 19.9 Å². The van der Waals surface area contributed by atoms with Gasteiger partial charge in [-0.3, -0.25) is 9.27 Å². The van der Waals surface area contributed by atoms with E-state index in [9.17, 15) is 36.3 Å². The van der Waals surface area contributed by atoms with Crippen LogP contribution in [0.5, 0.6) is 11.5 Å². The highest BCUT2D eigenvalue weighted by Gasteiger charge is 2.28. The fraction of sp³-hybridized carbons (Fsp3) is 0.0426. The molecule has 0 heterocycles. The molecule has 0 radical (unpaired) electrons. The molecule has 7 N–H and O–H groups in total. The van der Waals surface area contributed by atoms with Crippen LogP contribution >= 0.6 is 91.0 Å². The lowest BCUT2D eigenvalue weighted by atomic mass is 10.1. The van der Waals surface area contributed by atoms with Gasteiger partial charge in [0.1, 0.15) is 16.4 Å². The van der Waals surface area contributed by atoms with Gasteiger partial charge in [-0.1, -0.05) is 142 Å². The van der Waals surface area contributed by atoms with E-state index in [1.165, 1.54) is 31.4 Å². The number of sulfonamides is 1. The second kappa shape index (κ2) is 28.4. The summed E-state index contributed by atoms with van der Waals surface area (Å²) in [4.78, 5) is 31.6. The smallest absolute Gasteiger partial charge is 0.353 e. The third kappa shape index (κ3) is 20.1. The standard InChI is InChI=1S/C20H15Cl2NO5S.C13H13NO.C7H3Cl3O4S.C7H4Cl2O2.ClHO3S/c1-28-17-8-7-13(12-5-3-2-4-6-12)9-16(17)23-29(26,27)18-11-14(21)10-15(22)19(18)20(24)25;1-15-13-8-7-11(9-12(13)14)10-5-3-2-4-6-10;8-3-1-4(9)6(7(11)12)5(2-3)15(10,13)14;8-4-1-2-5(7(10)11)6(9)3-4;1-5(2,3)4/h2-11,23H,1H3,(H,24,25);2-9H,14H2,1H3;1-2H,(H,11,12);1-3H,(H,10,11);(H,2,3,4). The number of nitrogens with one attached hydrogen (secondary N) is 1. The maximum Gasteiger partial charge on any atom is 0.353 e. The monoisotopic (exact) mass is 1240 g/mol. The Bertz CT molecular complexity index is 3540. The zero-order chi connectivity index (χ0) is 56.6. The van der Waals surface area contributed by atoms with Crippen molar-refractivity contribution in [3.8, 4) is 33.8 Å².